The van der Waals surface area contributed by atoms with Gasteiger partial charge in [-0.2, -0.15) is 0 Å². The summed E-state index contributed by atoms with van der Waals surface area (Å²) in [6.45, 7) is 0.180. The van der Waals surface area contributed by atoms with Crippen molar-refractivity contribution in [3.63, 3.8) is 0 Å². The number of benzene rings is 2. The van der Waals surface area contributed by atoms with E-state index in [1.54, 1.807) is 56.8 Å². The third-order valence-corrected chi connectivity index (χ3v) is 4.16. The van der Waals surface area contributed by atoms with Crippen molar-refractivity contribution in [1.29, 1.82) is 0 Å². The van der Waals surface area contributed by atoms with Crippen LogP contribution < -0.4 is 19.5 Å². The molecule has 0 atom stereocenters. The minimum atomic E-state index is -0.522. The fourth-order valence-electron chi connectivity index (χ4n) is 2.65. The zero-order valence-electron chi connectivity index (χ0n) is 16.6. The Morgan fingerprint density at radius 2 is 1.87 bits per heavy atom. The van der Waals surface area contributed by atoms with E-state index in [1.807, 2.05) is 6.07 Å². The maximum absolute atomic E-state index is 14.3. The van der Waals surface area contributed by atoms with E-state index in [1.165, 1.54) is 24.4 Å². The number of carbonyl (C=O) groups excluding carboxylic acids is 1. The summed E-state index contributed by atoms with van der Waals surface area (Å²) >= 11 is 0. The quantitative estimate of drug-likeness (QED) is 0.561. The van der Waals surface area contributed by atoms with Gasteiger partial charge in [0.15, 0.2) is 23.1 Å². The summed E-state index contributed by atoms with van der Waals surface area (Å²) in [7, 11) is 3.10. The largest absolute Gasteiger partial charge is 0.493 e. The number of amides is 1. The summed E-state index contributed by atoms with van der Waals surface area (Å²) in [5.74, 6) is 0.887. The average molecular weight is 408 g/mol. The Morgan fingerprint density at radius 1 is 1.07 bits per heavy atom. The molecule has 0 aliphatic heterocycles. The van der Waals surface area contributed by atoms with Crippen LogP contribution in [0.25, 0.3) is 6.08 Å². The third kappa shape index (κ3) is 5.57. The van der Waals surface area contributed by atoms with Gasteiger partial charge in [0.1, 0.15) is 5.75 Å². The number of halogens is 1. The highest BCUT2D eigenvalue weighted by Crippen LogP contribution is 2.28. The zero-order chi connectivity index (χ0) is 21.3. The van der Waals surface area contributed by atoms with Crippen LogP contribution >= 0.6 is 0 Å². The highest BCUT2D eigenvalue weighted by Gasteiger charge is 2.07. The summed E-state index contributed by atoms with van der Waals surface area (Å²) in [5.41, 5.74) is 1.39. The van der Waals surface area contributed by atoms with Gasteiger partial charge in [-0.1, -0.05) is 12.1 Å². The lowest BCUT2D eigenvalue weighted by Gasteiger charge is -2.09. The summed E-state index contributed by atoms with van der Waals surface area (Å²) < 4.78 is 30.1. The first-order valence-corrected chi connectivity index (χ1v) is 9.13. The van der Waals surface area contributed by atoms with Crippen molar-refractivity contribution in [3.05, 3.63) is 83.9 Å². The van der Waals surface area contributed by atoms with E-state index in [9.17, 15) is 9.18 Å². The van der Waals surface area contributed by atoms with Gasteiger partial charge in [0.25, 0.3) is 0 Å². The molecule has 3 aromatic rings. The minimum absolute atomic E-state index is 0.0893. The van der Waals surface area contributed by atoms with Gasteiger partial charge >= 0.3 is 0 Å². The van der Waals surface area contributed by atoms with Crippen molar-refractivity contribution < 1.29 is 23.4 Å². The zero-order valence-corrected chi connectivity index (χ0v) is 16.6. The van der Waals surface area contributed by atoms with Crippen LogP contribution in [0, 0.1) is 5.82 Å². The predicted molar refractivity (Wildman–Crippen MR) is 111 cm³/mol. The average Bonchev–Trinajstić information content (AvgIpc) is 2.78. The van der Waals surface area contributed by atoms with E-state index >= 15 is 0 Å². The first-order chi connectivity index (χ1) is 14.6. The molecule has 0 unspecified atom stereocenters. The Morgan fingerprint density at radius 3 is 2.57 bits per heavy atom. The lowest BCUT2D eigenvalue weighted by Crippen LogP contribution is -2.20. The molecule has 0 bridgehead atoms. The molecule has 1 aromatic heterocycles. The standard InChI is InChI=1S/C23H21FN2O4/c1-28-21-9-5-16(13-22(21)29-2)7-10-23(27)26-14-17-6-8-20(19(24)12-17)30-18-4-3-11-25-15-18/h3-13,15H,14H2,1-2H3,(H,26,27)/b10-7+. The van der Waals surface area contributed by atoms with E-state index in [0.717, 1.165) is 5.56 Å². The molecule has 0 radical (unpaired) electrons. The van der Waals surface area contributed by atoms with Crippen molar-refractivity contribution in [2.45, 2.75) is 6.54 Å². The Labute approximate surface area is 173 Å². The summed E-state index contributed by atoms with van der Waals surface area (Å²) in [4.78, 5) is 16.0. The number of hydrogen-bond donors (Lipinski definition) is 1. The molecule has 0 aliphatic rings. The first kappa shape index (κ1) is 20.9. The molecule has 1 amide bonds. The lowest BCUT2D eigenvalue weighted by atomic mass is 10.2. The van der Waals surface area contributed by atoms with Crippen LogP contribution in [0.4, 0.5) is 4.39 Å². The van der Waals surface area contributed by atoms with Gasteiger partial charge < -0.3 is 19.5 Å². The molecule has 0 fully saturated rings. The van der Waals surface area contributed by atoms with E-state index in [4.69, 9.17) is 14.2 Å². The smallest absolute Gasteiger partial charge is 0.244 e. The number of carbonyl (C=O) groups is 1. The maximum atomic E-state index is 14.3. The van der Waals surface area contributed by atoms with Crippen molar-refractivity contribution in [2.24, 2.45) is 0 Å². The van der Waals surface area contributed by atoms with Gasteiger partial charge in [0, 0.05) is 18.8 Å². The highest BCUT2D eigenvalue weighted by molar-refractivity contribution is 5.91. The number of methoxy groups -OCH3 is 2. The van der Waals surface area contributed by atoms with Crippen LogP contribution in [0.15, 0.2) is 67.0 Å². The van der Waals surface area contributed by atoms with Gasteiger partial charge in [0.2, 0.25) is 5.91 Å². The highest BCUT2D eigenvalue weighted by atomic mass is 19.1. The molecule has 7 heteroatoms. The molecule has 154 valence electrons. The minimum Gasteiger partial charge on any atom is -0.493 e. The van der Waals surface area contributed by atoms with Crippen LogP contribution in [0.1, 0.15) is 11.1 Å². The Kier molecular flexibility index (Phi) is 7.00. The number of pyridine rings is 1. The molecule has 0 saturated heterocycles. The molecule has 30 heavy (non-hydrogen) atoms. The molecular formula is C23H21FN2O4. The monoisotopic (exact) mass is 408 g/mol. The van der Waals surface area contributed by atoms with E-state index < -0.39 is 5.82 Å². The van der Waals surface area contributed by atoms with Crippen molar-refractivity contribution in [3.8, 4) is 23.0 Å². The second kappa shape index (κ2) is 10.1. The molecule has 6 nitrogen and oxygen atoms in total. The molecule has 1 N–H and O–H groups in total. The van der Waals surface area contributed by atoms with Gasteiger partial charge in [-0.25, -0.2) is 4.39 Å². The van der Waals surface area contributed by atoms with Gasteiger partial charge in [-0.15, -0.1) is 0 Å². The number of nitrogens with zero attached hydrogens (tertiary/aromatic N) is 1. The lowest BCUT2D eigenvalue weighted by molar-refractivity contribution is -0.116. The van der Waals surface area contributed by atoms with Crippen LogP contribution in [0.2, 0.25) is 0 Å². The third-order valence-electron chi connectivity index (χ3n) is 4.16. The van der Waals surface area contributed by atoms with Gasteiger partial charge in [-0.05, 0) is 53.6 Å². The van der Waals surface area contributed by atoms with Crippen LogP contribution in [0.3, 0.4) is 0 Å². The Bertz CT molecular complexity index is 1040. The van der Waals surface area contributed by atoms with Gasteiger partial charge in [-0.3, -0.25) is 9.78 Å². The second-order valence-electron chi connectivity index (χ2n) is 6.22. The van der Waals surface area contributed by atoms with Crippen molar-refractivity contribution in [2.75, 3.05) is 14.2 Å². The molecule has 0 saturated carbocycles. The summed E-state index contributed by atoms with van der Waals surface area (Å²) in [5, 5.41) is 2.72. The number of nitrogens with one attached hydrogen (secondary N) is 1. The number of aromatic nitrogens is 1. The molecule has 3 rings (SSSR count). The molecule has 0 spiro atoms. The van der Waals surface area contributed by atoms with Crippen LogP contribution in [-0.2, 0) is 11.3 Å². The Balaban J connectivity index is 1.57. The maximum Gasteiger partial charge on any atom is 0.244 e. The van der Waals surface area contributed by atoms with E-state index in [-0.39, 0.29) is 18.2 Å². The topological polar surface area (TPSA) is 69.7 Å². The molecule has 1 heterocycles. The number of hydrogen-bond acceptors (Lipinski definition) is 5. The molecule has 0 aliphatic carbocycles. The van der Waals surface area contributed by atoms with Crippen LogP contribution in [-0.4, -0.2) is 25.1 Å². The van der Waals surface area contributed by atoms with Crippen LogP contribution in [0.5, 0.6) is 23.0 Å². The van der Waals surface area contributed by atoms with Crippen molar-refractivity contribution in [1.82, 2.24) is 10.3 Å². The molecule has 2 aromatic carbocycles. The predicted octanol–water partition coefficient (Wildman–Crippen LogP) is 4.36. The summed E-state index contributed by atoms with van der Waals surface area (Å²) in [6, 6.07) is 13.2. The van der Waals surface area contributed by atoms with E-state index in [0.29, 0.717) is 22.8 Å². The second-order valence-corrected chi connectivity index (χ2v) is 6.22. The molecular weight excluding hydrogens is 387 g/mol. The van der Waals surface area contributed by atoms with Crippen molar-refractivity contribution >= 4 is 12.0 Å². The first-order valence-electron chi connectivity index (χ1n) is 9.13. The summed E-state index contributed by atoms with van der Waals surface area (Å²) in [6.07, 6.45) is 6.16. The van der Waals surface area contributed by atoms with E-state index in [2.05, 4.69) is 10.3 Å². The normalized spacial score (nSPS) is 10.6. The number of ether oxygens (including phenoxy) is 3. The fraction of sp³-hybridized carbons (Fsp3) is 0.130. The SMILES string of the molecule is COc1ccc(/C=C/C(=O)NCc2ccc(Oc3cccnc3)c(F)c2)cc1OC. The number of rotatable bonds is 8. The van der Waals surface area contributed by atoms with Gasteiger partial charge in [0.05, 0.1) is 20.4 Å². The fourth-order valence-corrected chi connectivity index (χ4v) is 2.65. The Hall–Kier alpha value is -3.87.